The molecular formula is C15H21N3O3. The minimum Gasteiger partial charge on any atom is -0.484 e. The zero-order valence-electron chi connectivity index (χ0n) is 12.1. The van der Waals surface area contributed by atoms with Crippen LogP contribution >= 0.6 is 0 Å². The van der Waals surface area contributed by atoms with Gasteiger partial charge in [-0.25, -0.2) is 0 Å². The zero-order valence-corrected chi connectivity index (χ0v) is 12.1. The van der Waals surface area contributed by atoms with Crippen molar-refractivity contribution in [2.24, 2.45) is 10.9 Å². The predicted octanol–water partition coefficient (Wildman–Crippen LogP) is 1.61. The highest BCUT2D eigenvalue weighted by molar-refractivity contribution is 5.97. The smallest absolute Gasteiger partial charge is 0.258 e. The molecule has 0 unspecified atom stereocenters. The van der Waals surface area contributed by atoms with Gasteiger partial charge in [-0.1, -0.05) is 12.1 Å². The van der Waals surface area contributed by atoms with Gasteiger partial charge in [-0.2, -0.15) is 0 Å². The highest BCUT2D eigenvalue weighted by Crippen LogP contribution is 2.34. The summed E-state index contributed by atoms with van der Waals surface area (Å²) in [5.74, 6) is 0.505. The SMILES string of the molecule is CCC1(NC(=O)COc2ccc(/C(N)=N/O)cc2)CCC1. The summed E-state index contributed by atoms with van der Waals surface area (Å²) in [5, 5.41) is 14.5. The second-order valence-corrected chi connectivity index (χ2v) is 5.33. The third-order valence-corrected chi connectivity index (χ3v) is 4.02. The topological polar surface area (TPSA) is 96.9 Å². The van der Waals surface area contributed by atoms with E-state index in [0.717, 1.165) is 19.3 Å². The second-order valence-electron chi connectivity index (χ2n) is 5.33. The van der Waals surface area contributed by atoms with Gasteiger partial charge in [-0.15, -0.1) is 0 Å². The molecule has 114 valence electrons. The van der Waals surface area contributed by atoms with Gasteiger partial charge in [0, 0.05) is 11.1 Å². The molecule has 1 aromatic rings. The van der Waals surface area contributed by atoms with Crippen LogP contribution in [0.15, 0.2) is 29.4 Å². The summed E-state index contributed by atoms with van der Waals surface area (Å²) in [4.78, 5) is 11.9. The van der Waals surface area contributed by atoms with E-state index in [-0.39, 0.29) is 23.9 Å². The number of amidine groups is 1. The van der Waals surface area contributed by atoms with E-state index in [9.17, 15) is 4.79 Å². The molecule has 6 nitrogen and oxygen atoms in total. The third-order valence-electron chi connectivity index (χ3n) is 4.02. The molecule has 0 bridgehead atoms. The van der Waals surface area contributed by atoms with Crippen molar-refractivity contribution in [2.75, 3.05) is 6.61 Å². The Morgan fingerprint density at radius 3 is 2.57 bits per heavy atom. The Balaban J connectivity index is 1.84. The van der Waals surface area contributed by atoms with Gasteiger partial charge in [0.15, 0.2) is 12.4 Å². The van der Waals surface area contributed by atoms with E-state index < -0.39 is 0 Å². The monoisotopic (exact) mass is 291 g/mol. The molecule has 0 heterocycles. The van der Waals surface area contributed by atoms with Crippen molar-refractivity contribution in [1.29, 1.82) is 0 Å². The molecule has 1 fully saturated rings. The van der Waals surface area contributed by atoms with Gasteiger partial charge < -0.3 is 21.0 Å². The number of rotatable bonds is 6. The lowest BCUT2D eigenvalue weighted by atomic mass is 9.75. The first-order valence-corrected chi connectivity index (χ1v) is 7.10. The van der Waals surface area contributed by atoms with Gasteiger partial charge in [0.1, 0.15) is 5.75 Å². The Morgan fingerprint density at radius 1 is 1.43 bits per heavy atom. The van der Waals surface area contributed by atoms with Crippen LogP contribution in [-0.4, -0.2) is 29.1 Å². The molecule has 21 heavy (non-hydrogen) atoms. The Labute approximate surface area is 124 Å². The maximum absolute atomic E-state index is 11.9. The molecule has 0 aromatic heterocycles. The molecule has 0 aliphatic heterocycles. The van der Waals surface area contributed by atoms with Crippen LogP contribution in [0.25, 0.3) is 0 Å². The van der Waals surface area contributed by atoms with Crippen molar-refractivity contribution < 1.29 is 14.7 Å². The predicted molar refractivity (Wildman–Crippen MR) is 79.5 cm³/mol. The van der Waals surface area contributed by atoms with E-state index >= 15 is 0 Å². The summed E-state index contributed by atoms with van der Waals surface area (Å²) in [6, 6.07) is 6.70. The summed E-state index contributed by atoms with van der Waals surface area (Å²) in [7, 11) is 0. The minimum atomic E-state index is -0.0999. The number of carbonyl (C=O) groups excluding carboxylic acids is 1. The first-order valence-electron chi connectivity index (χ1n) is 7.10. The van der Waals surface area contributed by atoms with Crippen LogP contribution in [0.4, 0.5) is 0 Å². The molecule has 1 aliphatic rings. The van der Waals surface area contributed by atoms with Crippen LogP contribution < -0.4 is 15.8 Å². The average molecular weight is 291 g/mol. The minimum absolute atomic E-state index is 0.00926. The van der Waals surface area contributed by atoms with Crippen LogP contribution in [0.3, 0.4) is 0 Å². The standard InChI is InChI=1S/C15H21N3O3/c1-2-15(8-3-9-15)17-13(19)10-21-12-6-4-11(5-7-12)14(16)18-20/h4-7,20H,2-3,8-10H2,1H3,(H2,16,18)(H,17,19). The third kappa shape index (κ3) is 3.65. The number of hydrogen-bond donors (Lipinski definition) is 3. The fourth-order valence-corrected chi connectivity index (χ4v) is 2.43. The number of oxime groups is 1. The van der Waals surface area contributed by atoms with Crippen LogP contribution in [0.2, 0.25) is 0 Å². The van der Waals surface area contributed by atoms with E-state index in [4.69, 9.17) is 15.7 Å². The summed E-state index contributed by atoms with van der Waals surface area (Å²) in [6.45, 7) is 2.08. The van der Waals surface area contributed by atoms with Gasteiger partial charge >= 0.3 is 0 Å². The van der Waals surface area contributed by atoms with Gasteiger partial charge in [0.25, 0.3) is 5.91 Å². The quantitative estimate of drug-likeness (QED) is 0.321. The summed E-state index contributed by atoms with van der Waals surface area (Å²) >= 11 is 0. The Bertz CT molecular complexity index is 516. The number of carbonyl (C=O) groups is 1. The molecule has 0 atom stereocenters. The lowest BCUT2D eigenvalue weighted by Crippen LogP contribution is -2.54. The Kier molecular flexibility index (Phi) is 4.67. The lowest BCUT2D eigenvalue weighted by molar-refractivity contribution is -0.126. The van der Waals surface area contributed by atoms with Crippen molar-refractivity contribution in [3.63, 3.8) is 0 Å². The molecule has 0 saturated heterocycles. The highest BCUT2D eigenvalue weighted by Gasteiger charge is 2.36. The number of ether oxygens (including phenoxy) is 1. The molecule has 1 amide bonds. The molecule has 1 saturated carbocycles. The molecule has 4 N–H and O–H groups in total. The fourth-order valence-electron chi connectivity index (χ4n) is 2.43. The maximum Gasteiger partial charge on any atom is 0.258 e. The molecule has 6 heteroatoms. The maximum atomic E-state index is 11.9. The van der Waals surface area contributed by atoms with Crippen molar-refractivity contribution in [1.82, 2.24) is 5.32 Å². The molecule has 0 spiro atoms. The van der Waals surface area contributed by atoms with Crippen molar-refractivity contribution >= 4 is 11.7 Å². The molecule has 2 rings (SSSR count). The van der Waals surface area contributed by atoms with E-state index in [1.54, 1.807) is 24.3 Å². The second kappa shape index (κ2) is 6.47. The Morgan fingerprint density at radius 2 is 2.10 bits per heavy atom. The first kappa shape index (κ1) is 15.2. The molecule has 1 aromatic carbocycles. The van der Waals surface area contributed by atoms with Gasteiger partial charge in [-0.05, 0) is 49.9 Å². The van der Waals surface area contributed by atoms with Crippen LogP contribution in [0.1, 0.15) is 38.2 Å². The summed E-state index contributed by atoms with van der Waals surface area (Å²) in [6.07, 6.45) is 4.21. The molecular weight excluding hydrogens is 270 g/mol. The lowest BCUT2D eigenvalue weighted by Gasteiger charge is -2.41. The van der Waals surface area contributed by atoms with Crippen molar-refractivity contribution in [3.05, 3.63) is 29.8 Å². The van der Waals surface area contributed by atoms with E-state index in [1.165, 1.54) is 6.42 Å². The summed E-state index contributed by atoms with van der Waals surface area (Å²) < 4.78 is 5.44. The largest absolute Gasteiger partial charge is 0.484 e. The zero-order chi connectivity index (χ0) is 15.3. The average Bonchev–Trinajstić information content (AvgIpc) is 2.48. The first-order chi connectivity index (χ1) is 10.1. The van der Waals surface area contributed by atoms with Crippen molar-refractivity contribution in [3.8, 4) is 5.75 Å². The van der Waals surface area contributed by atoms with E-state index in [2.05, 4.69) is 17.4 Å². The van der Waals surface area contributed by atoms with Crippen LogP contribution in [0.5, 0.6) is 5.75 Å². The number of benzene rings is 1. The molecule has 1 aliphatic carbocycles. The van der Waals surface area contributed by atoms with Gasteiger partial charge in [-0.3, -0.25) is 4.79 Å². The van der Waals surface area contributed by atoms with E-state index in [1.807, 2.05) is 0 Å². The fraction of sp³-hybridized carbons (Fsp3) is 0.467. The van der Waals surface area contributed by atoms with Crippen LogP contribution in [0, 0.1) is 0 Å². The normalized spacial score (nSPS) is 16.9. The van der Waals surface area contributed by atoms with Gasteiger partial charge in [0.2, 0.25) is 0 Å². The molecule has 0 radical (unpaired) electrons. The number of nitrogens with two attached hydrogens (primary N) is 1. The van der Waals surface area contributed by atoms with Crippen molar-refractivity contribution in [2.45, 2.75) is 38.1 Å². The van der Waals surface area contributed by atoms with Gasteiger partial charge in [0.05, 0.1) is 0 Å². The number of hydrogen-bond acceptors (Lipinski definition) is 4. The van der Waals surface area contributed by atoms with E-state index in [0.29, 0.717) is 11.3 Å². The number of nitrogens with zero attached hydrogens (tertiary/aromatic N) is 1. The Hall–Kier alpha value is -2.24. The van der Waals surface area contributed by atoms with Crippen LogP contribution in [-0.2, 0) is 4.79 Å². The number of nitrogens with one attached hydrogen (secondary N) is 1. The number of amides is 1. The summed E-state index contributed by atoms with van der Waals surface area (Å²) in [5.41, 5.74) is 6.04. The highest BCUT2D eigenvalue weighted by atomic mass is 16.5.